The number of nitrogens with zero attached hydrogens (tertiary/aromatic N) is 3. The quantitative estimate of drug-likeness (QED) is 0.597. The van der Waals surface area contributed by atoms with E-state index in [4.69, 9.17) is 9.47 Å². The number of carbonyl (C=O) groups is 2. The third-order valence-corrected chi connectivity index (χ3v) is 6.85. The lowest BCUT2D eigenvalue weighted by Gasteiger charge is -2.54. The number of ether oxygens (including phenoxy) is 2. The summed E-state index contributed by atoms with van der Waals surface area (Å²) in [5.74, 6) is -0.0419. The van der Waals surface area contributed by atoms with Crippen molar-refractivity contribution in [3.8, 4) is 17.0 Å². The van der Waals surface area contributed by atoms with Crippen LogP contribution in [0.5, 0.6) is 5.75 Å². The molecule has 0 bridgehead atoms. The summed E-state index contributed by atoms with van der Waals surface area (Å²) in [5.41, 5.74) is 3.96. The number of fused-ring (bicyclic) bond motifs is 1. The van der Waals surface area contributed by atoms with Crippen LogP contribution in [0.25, 0.3) is 11.3 Å². The molecule has 7 nitrogen and oxygen atoms in total. The van der Waals surface area contributed by atoms with Crippen molar-refractivity contribution in [1.82, 2.24) is 9.88 Å². The third kappa shape index (κ3) is 3.17. The van der Waals surface area contributed by atoms with E-state index in [-0.39, 0.29) is 23.0 Å². The van der Waals surface area contributed by atoms with Gasteiger partial charge in [-0.25, -0.2) is 4.39 Å². The molecule has 0 radical (unpaired) electrons. The van der Waals surface area contributed by atoms with E-state index in [1.807, 2.05) is 11.0 Å². The summed E-state index contributed by atoms with van der Waals surface area (Å²) in [7, 11) is 1.55. The lowest BCUT2D eigenvalue weighted by Crippen LogP contribution is -2.67. The van der Waals surface area contributed by atoms with Gasteiger partial charge in [0.15, 0.2) is 0 Å². The van der Waals surface area contributed by atoms with Gasteiger partial charge in [-0.3, -0.25) is 14.6 Å². The summed E-state index contributed by atoms with van der Waals surface area (Å²) in [6.45, 7) is 3.18. The van der Waals surface area contributed by atoms with Crippen LogP contribution in [0, 0.1) is 11.2 Å². The largest absolute Gasteiger partial charge is 0.496 e. The van der Waals surface area contributed by atoms with Gasteiger partial charge in [-0.15, -0.1) is 0 Å². The summed E-state index contributed by atoms with van der Waals surface area (Å²) in [5, 5.41) is 0. The van der Waals surface area contributed by atoms with E-state index in [0.29, 0.717) is 53.5 Å². The minimum Gasteiger partial charge on any atom is -0.496 e. The molecule has 172 valence electrons. The van der Waals surface area contributed by atoms with Gasteiger partial charge in [0.1, 0.15) is 11.6 Å². The fourth-order valence-corrected chi connectivity index (χ4v) is 4.97. The Morgan fingerprint density at radius 2 is 1.85 bits per heavy atom. The number of hydrogen-bond acceptors (Lipinski definition) is 5. The highest BCUT2D eigenvalue weighted by molar-refractivity contribution is 6.11. The molecule has 0 aliphatic carbocycles. The van der Waals surface area contributed by atoms with Gasteiger partial charge in [-0.2, -0.15) is 0 Å². The van der Waals surface area contributed by atoms with E-state index in [2.05, 4.69) is 4.98 Å². The summed E-state index contributed by atoms with van der Waals surface area (Å²) in [6, 6.07) is 12.9. The molecule has 0 unspecified atom stereocenters. The number of aromatic nitrogens is 1. The highest BCUT2D eigenvalue weighted by Gasteiger charge is 2.50. The van der Waals surface area contributed by atoms with Crippen LogP contribution in [0.4, 0.5) is 10.1 Å². The standard InChI is InChI=1S/C26H22FN3O4/c1-33-22-10-16(24(31)29-12-26(13-29)14-34-15-26)2-7-20(22)23-21-11-30(18-5-3-17(27)4-6-18)25(32)19(21)8-9-28-23/h2-10H,11-15H2,1H3. The minimum absolute atomic E-state index is 0.0358. The molecule has 2 saturated heterocycles. The number of hydrogen-bond donors (Lipinski definition) is 0. The van der Waals surface area contributed by atoms with Crippen LogP contribution in [0.15, 0.2) is 54.7 Å². The summed E-state index contributed by atoms with van der Waals surface area (Å²) < 4.78 is 24.3. The second-order valence-electron chi connectivity index (χ2n) is 9.12. The van der Waals surface area contributed by atoms with Gasteiger partial charge in [-0.05, 0) is 48.5 Å². The average molecular weight is 459 g/mol. The summed E-state index contributed by atoms with van der Waals surface area (Å²) >= 11 is 0. The van der Waals surface area contributed by atoms with Gasteiger partial charge in [-0.1, -0.05) is 0 Å². The van der Waals surface area contributed by atoms with Crippen LogP contribution < -0.4 is 9.64 Å². The minimum atomic E-state index is -0.357. The number of amides is 2. The average Bonchev–Trinajstić information content (AvgIpc) is 3.14. The molecule has 4 heterocycles. The van der Waals surface area contributed by atoms with Gasteiger partial charge >= 0.3 is 0 Å². The van der Waals surface area contributed by atoms with E-state index in [1.54, 1.807) is 48.5 Å². The number of rotatable bonds is 4. The second-order valence-corrected chi connectivity index (χ2v) is 9.12. The number of carbonyl (C=O) groups excluding carboxylic acids is 2. The molecule has 2 amide bonds. The Balaban J connectivity index is 1.31. The van der Waals surface area contributed by atoms with Crippen LogP contribution in [0.1, 0.15) is 26.3 Å². The fraction of sp³-hybridized carbons (Fsp3) is 0.269. The zero-order valence-electron chi connectivity index (χ0n) is 18.6. The lowest BCUT2D eigenvalue weighted by molar-refractivity contribution is -0.176. The molecule has 0 atom stereocenters. The smallest absolute Gasteiger partial charge is 0.259 e. The van der Waals surface area contributed by atoms with Crippen LogP contribution in [0.2, 0.25) is 0 Å². The monoisotopic (exact) mass is 459 g/mol. The topological polar surface area (TPSA) is 72.0 Å². The van der Waals surface area contributed by atoms with Gasteiger partial charge in [0.05, 0.1) is 38.0 Å². The van der Waals surface area contributed by atoms with Crippen molar-refractivity contribution in [2.45, 2.75) is 6.54 Å². The Morgan fingerprint density at radius 1 is 1.09 bits per heavy atom. The molecule has 3 aromatic rings. The number of methoxy groups -OCH3 is 1. The first-order chi connectivity index (χ1) is 16.5. The van der Waals surface area contributed by atoms with Crippen molar-refractivity contribution < 1.29 is 23.5 Å². The van der Waals surface area contributed by atoms with E-state index >= 15 is 0 Å². The van der Waals surface area contributed by atoms with Crippen molar-refractivity contribution >= 4 is 17.5 Å². The first-order valence-corrected chi connectivity index (χ1v) is 11.1. The molecule has 1 aromatic heterocycles. The van der Waals surface area contributed by atoms with Gasteiger partial charge in [0.25, 0.3) is 11.8 Å². The molecule has 8 heteroatoms. The predicted molar refractivity (Wildman–Crippen MR) is 122 cm³/mol. The Bertz CT molecular complexity index is 1310. The Morgan fingerprint density at radius 3 is 2.53 bits per heavy atom. The first kappa shape index (κ1) is 20.8. The van der Waals surface area contributed by atoms with E-state index in [9.17, 15) is 14.0 Å². The summed E-state index contributed by atoms with van der Waals surface area (Å²) in [4.78, 5) is 34.0. The maximum Gasteiger partial charge on any atom is 0.259 e. The molecule has 0 saturated carbocycles. The van der Waals surface area contributed by atoms with Gasteiger partial charge < -0.3 is 19.3 Å². The number of likely N-dealkylation sites (tertiary alicyclic amines) is 1. The molecule has 2 aromatic carbocycles. The van der Waals surface area contributed by atoms with Crippen LogP contribution in [-0.4, -0.2) is 55.1 Å². The van der Waals surface area contributed by atoms with Crippen LogP contribution >= 0.6 is 0 Å². The molecule has 2 fully saturated rings. The van der Waals surface area contributed by atoms with Gasteiger partial charge in [0, 0.05) is 47.2 Å². The van der Waals surface area contributed by atoms with Crippen molar-refractivity contribution in [2.75, 3.05) is 38.3 Å². The second kappa shape index (κ2) is 7.63. The Hall–Kier alpha value is -3.78. The third-order valence-electron chi connectivity index (χ3n) is 6.85. The number of pyridine rings is 1. The van der Waals surface area contributed by atoms with Crippen molar-refractivity contribution in [2.24, 2.45) is 5.41 Å². The number of halogens is 1. The fourth-order valence-electron chi connectivity index (χ4n) is 4.97. The Kier molecular flexibility index (Phi) is 4.67. The maximum atomic E-state index is 13.4. The zero-order valence-corrected chi connectivity index (χ0v) is 18.6. The lowest BCUT2D eigenvalue weighted by atomic mass is 9.78. The number of anilines is 1. The molecule has 3 aliphatic heterocycles. The molecule has 3 aliphatic rings. The van der Waals surface area contributed by atoms with Crippen LogP contribution in [-0.2, 0) is 11.3 Å². The Labute approximate surface area is 195 Å². The first-order valence-electron chi connectivity index (χ1n) is 11.1. The zero-order chi connectivity index (χ0) is 23.4. The molecule has 6 rings (SSSR count). The van der Waals surface area contributed by atoms with Gasteiger partial charge in [0.2, 0.25) is 0 Å². The highest BCUT2D eigenvalue weighted by atomic mass is 19.1. The molecular weight excluding hydrogens is 437 g/mol. The van der Waals surface area contributed by atoms with Crippen LogP contribution in [0.3, 0.4) is 0 Å². The summed E-state index contributed by atoms with van der Waals surface area (Å²) in [6.07, 6.45) is 1.60. The molecule has 0 N–H and O–H groups in total. The molecule has 1 spiro atoms. The van der Waals surface area contributed by atoms with E-state index < -0.39 is 0 Å². The normalized spacial score (nSPS) is 17.9. The highest BCUT2D eigenvalue weighted by Crippen LogP contribution is 2.40. The van der Waals surface area contributed by atoms with Crippen molar-refractivity contribution in [1.29, 1.82) is 0 Å². The molecule has 34 heavy (non-hydrogen) atoms. The van der Waals surface area contributed by atoms with Crippen molar-refractivity contribution in [3.05, 3.63) is 77.2 Å². The SMILES string of the molecule is COc1cc(C(=O)N2CC3(COC3)C2)ccc1-c1nccc2c1CN(c1ccc(F)cc1)C2=O. The van der Waals surface area contributed by atoms with E-state index in [1.165, 1.54) is 12.1 Å². The molecular formula is C26H22FN3O4. The maximum absolute atomic E-state index is 13.4. The predicted octanol–water partition coefficient (Wildman–Crippen LogP) is 3.53. The number of benzene rings is 2. The van der Waals surface area contributed by atoms with Crippen molar-refractivity contribution in [3.63, 3.8) is 0 Å². The van der Waals surface area contributed by atoms with E-state index in [0.717, 1.165) is 18.8 Å².